The molecule has 24 heavy (non-hydrogen) atoms. The molecule has 0 spiro atoms. The molecule has 0 radical (unpaired) electrons. The molecule has 1 heterocycles. The topological polar surface area (TPSA) is 57.9 Å². The van der Waals surface area contributed by atoms with Gasteiger partial charge in [-0.15, -0.1) is 0 Å². The summed E-state index contributed by atoms with van der Waals surface area (Å²) < 4.78 is 5.87. The summed E-state index contributed by atoms with van der Waals surface area (Å²) in [5.41, 5.74) is 3.33. The van der Waals surface area contributed by atoms with Crippen molar-refractivity contribution in [3.63, 3.8) is 0 Å². The molecule has 1 unspecified atom stereocenters. The highest BCUT2D eigenvalue weighted by Crippen LogP contribution is 2.27. The van der Waals surface area contributed by atoms with Crippen molar-refractivity contribution in [2.75, 3.05) is 18.5 Å². The first-order chi connectivity index (χ1) is 11.8. The van der Waals surface area contributed by atoms with Crippen molar-refractivity contribution in [2.24, 2.45) is 0 Å². The van der Waals surface area contributed by atoms with Crippen LogP contribution in [-0.2, 0) is 4.74 Å². The van der Waals surface area contributed by atoms with Crippen molar-refractivity contribution in [1.82, 2.24) is 4.98 Å². The van der Waals surface area contributed by atoms with Crippen LogP contribution in [0.1, 0.15) is 24.2 Å². The van der Waals surface area contributed by atoms with Crippen molar-refractivity contribution in [3.8, 4) is 6.07 Å². The second-order valence-electron chi connectivity index (χ2n) is 5.41. The van der Waals surface area contributed by atoms with E-state index < -0.39 is 0 Å². The van der Waals surface area contributed by atoms with Gasteiger partial charge in [0.2, 0.25) is 0 Å². The van der Waals surface area contributed by atoms with E-state index in [-0.39, 0.29) is 6.10 Å². The number of anilines is 1. The maximum Gasteiger partial charge on any atom is 0.103 e. The highest BCUT2D eigenvalue weighted by molar-refractivity contribution is 5.93. The first kappa shape index (κ1) is 16.0. The van der Waals surface area contributed by atoms with Crippen molar-refractivity contribution in [3.05, 3.63) is 71.9 Å². The van der Waals surface area contributed by atoms with Gasteiger partial charge < -0.3 is 10.1 Å². The lowest BCUT2D eigenvalue weighted by atomic mass is 10.1. The summed E-state index contributed by atoms with van der Waals surface area (Å²) in [6.07, 6.45) is 1.54. The Kier molecular flexibility index (Phi) is 5.05. The Labute approximate surface area is 141 Å². The van der Waals surface area contributed by atoms with Crippen LogP contribution in [0.25, 0.3) is 10.9 Å². The molecule has 0 amide bonds. The number of hydrogen-bond acceptors (Lipinski definition) is 4. The van der Waals surface area contributed by atoms with Crippen LogP contribution in [-0.4, -0.2) is 18.1 Å². The van der Waals surface area contributed by atoms with E-state index in [1.807, 2.05) is 49.4 Å². The third kappa shape index (κ3) is 3.37. The average Bonchev–Trinajstić information content (AvgIpc) is 2.65. The van der Waals surface area contributed by atoms with Crippen LogP contribution >= 0.6 is 0 Å². The predicted molar refractivity (Wildman–Crippen MR) is 95.8 cm³/mol. The van der Waals surface area contributed by atoms with E-state index in [4.69, 9.17) is 4.74 Å². The predicted octanol–water partition coefficient (Wildman–Crippen LogP) is 4.30. The number of para-hydroxylation sites is 1. The minimum Gasteiger partial charge on any atom is -0.380 e. The zero-order valence-electron chi connectivity index (χ0n) is 13.6. The summed E-state index contributed by atoms with van der Waals surface area (Å²) >= 11 is 0. The van der Waals surface area contributed by atoms with Crippen LogP contribution in [0.4, 0.5) is 5.69 Å². The zero-order chi connectivity index (χ0) is 16.8. The standard InChI is InChI=1S/C20H19N3O/c1-2-24-19(15-8-4-3-5-9-15)14-23-20-16(12-21)13-22-18-11-7-6-10-17(18)20/h3-11,13,19H,2,14H2,1H3,(H,22,23). The van der Waals surface area contributed by atoms with Gasteiger partial charge in [0.05, 0.1) is 22.9 Å². The number of nitriles is 1. The van der Waals surface area contributed by atoms with Crippen molar-refractivity contribution >= 4 is 16.6 Å². The number of fused-ring (bicyclic) bond motifs is 1. The Morgan fingerprint density at radius 2 is 1.88 bits per heavy atom. The lowest BCUT2D eigenvalue weighted by Gasteiger charge is -2.20. The highest BCUT2D eigenvalue weighted by Gasteiger charge is 2.14. The summed E-state index contributed by atoms with van der Waals surface area (Å²) in [7, 11) is 0. The molecule has 4 heteroatoms. The number of pyridine rings is 1. The first-order valence-electron chi connectivity index (χ1n) is 8.01. The number of benzene rings is 2. The van der Waals surface area contributed by atoms with Gasteiger partial charge in [0.1, 0.15) is 6.07 Å². The maximum absolute atomic E-state index is 9.40. The molecule has 1 atom stereocenters. The molecule has 0 aliphatic heterocycles. The number of rotatable bonds is 6. The van der Waals surface area contributed by atoms with Crippen molar-refractivity contribution in [1.29, 1.82) is 5.26 Å². The van der Waals surface area contributed by atoms with Crippen LogP contribution in [0.5, 0.6) is 0 Å². The Balaban J connectivity index is 1.90. The first-order valence-corrected chi connectivity index (χ1v) is 8.01. The molecule has 1 aromatic heterocycles. The molecule has 3 rings (SSSR count). The Morgan fingerprint density at radius 3 is 2.62 bits per heavy atom. The Bertz CT molecular complexity index is 856. The second kappa shape index (κ2) is 7.58. The quantitative estimate of drug-likeness (QED) is 0.736. The monoisotopic (exact) mass is 317 g/mol. The molecule has 1 N–H and O–H groups in total. The molecule has 0 saturated carbocycles. The fraction of sp³-hybridized carbons (Fsp3) is 0.200. The number of ether oxygens (including phenoxy) is 1. The molecule has 4 nitrogen and oxygen atoms in total. The van der Waals surface area contributed by atoms with Gasteiger partial charge in [-0.1, -0.05) is 48.5 Å². The van der Waals surface area contributed by atoms with Crippen LogP contribution in [0, 0.1) is 11.3 Å². The van der Waals surface area contributed by atoms with E-state index >= 15 is 0 Å². The summed E-state index contributed by atoms with van der Waals surface area (Å²) in [6, 6.07) is 20.1. The number of nitrogens with zero attached hydrogens (tertiary/aromatic N) is 2. The lowest BCUT2D eigenvalue weighted by Crippen LogP contribution is -2.16. The summed E-state index contributed by atoms with van der Waals surface area (Å²) in [5.74, 6) is 0. The normalized spacial score (nSPS) is 11.8. The third-order valence-corrected chi connectivity index (χ3v) is 3.90. The van der Waals surface area contributed by atoms with Crippen molar-refractivity contribution in [2.45, 2.75) is 13.0 Å². The second-order valence-corrected chi connectivity index (χ2v) is 5.41. The third-order valence-electron chi connectivity index (χ3n) is 3.90. The van der Waals surface area contributed by atoms with E-state index in [9.17, 15) is 5.26 Å². The summed E-state index contributed by atoms with van der Waals surface area (Å²) in [6.45, 7) is 3.20. The van der Waals surface area contributed by atoms with E-state index in [0.717, 1.165) is 22.2 Å². The molecular weight excluding hydrogens is 298 g/mol. The van der Waals surface area contributed by atoms with Gasteiger partial charge in [-0.3, -0.25) is 4.98 Å². The number of hydrogen-bond donors (Lipinski definition) is 1. The van der Waals surface area contributed by atoms with Gasteiger partial charge in [-0.25, -0.2) is 0 Å². The van der Waals surface area contributed by atoms with Gasteiger partial charge in [0, 0.05) is 24.7 Å². The van der Waals surface area contributed by atoms with Gasteiger partial charge in [0.15, 0.2) is 0 Å². The van der Waals surface area contributed by atoms with E-state index in [0.29, 0.717) is 18.7 Å². The van der Waals surface area contributed by atoms with Crippen LogP contribution in [0.2, 0.25) is 0 Å². The van der Waals surface area contributed by atoms with Crippen LogP contribution in [0.3, 0.4) is 0 Å². The van der Waals surface area contributed by atoms with Gasteiger partial charge in [0.25, 0.3) is 0 Å². The summed E-state index contributed by atoms with van der Waals surface area (Å²) in [4.78, 5) is 4.34. The highest BCUT2D eigenvalue weighted by atomic mass is 16.5. The molecule has 120 valence electrons. The number of nitrogens with one attached hydrogen (secondary N) is 1. The fourth-order valence-corrected chi connectivity index (χ4v) is 2.75. The zero-order valence-corrected chi connectivity index (χ0v) is 13.6. The lowest BCUT2D eigenvalue weighted by molar-refractivity contribution is 0.0719. The van der Waals surface area contributed by atoms with Gasteiger partial charge >= 0.3 is 0 Å². The molecule has 3 aromatic rings. The minimum atomic E-state index is -0.0744. The van der Waals surface area contributed by atoms with Gasteiger partial charge in [-0.05, 0) is 18.6 Å². The molecule has 0 aliphatic carbocycles. The van der Waals surface area contributed by atoms with Gasteiger partial charge in [-0.2, -0.15) is 5.26 Å². The molecule has 2 aromatic carbocycles. The van der Waals surface area contributed by atoms with Crippen LogP contribution < -0.4 is 5.32 Å². The van der Waals surface area contributed by atoms with E-state index in [2.05, 4.69) is 28.5 Å². The van der Waals surface area contributed by atoms with Crippen molar-refractivity contribution < 1.29 is 4.74 Å². The molecular formula is C20H19N3O. The van der Waals surface area contributed by atoms with Crippen LogP contribution in [0.15, 0.2) is 60.8 Å². The molecule has 0 bridgehead atoms. The Hall–Kier alpha value is -2.90. The largest absolute Gasteiger partial charge is 0.380 e. The molecule has 0 saturated heterocycles. The average molecular weight is 317 g/mol. The maximum atomic E-state index is 9.40. The fourth-order valence-electron chi connectivity index (χ4n) is 2.75. The number of aromatic nitrogens is 1. The Morgan fingerprint density at radius 1 is 1.12 bits per heavy atom. The smallest absolute Gasteiger partial charge is 0.103 e. The van der Waals surface area contributed by atoms with E-state index in [1.165, 1.54) is 0 Å². The minimum absolute atomic E-state index is 0.0744. The molecule has 0 fully saturated rings. The summed E-state index contributed by atoms with van der Waals surface area (Å²) in [5, 5.41) is 13.7. The molecule has 0 aliphatic rings. The van der Waals surface area contributed by atoms with E-state index in [1.54, 1.807) is 6.20 Å². The SMILES string of the molecule is CCOC(CNc1c(C#N)cnc2ccccc12)c1ccccc1.